The van der Waals surface area contributed by atoms with Crippen LogP contribution in [0.15, 0.2) is 24.2 Å². The molecule has 0 bridgehead atoms. The molecule has 0 radical (unpaired) electrons. The van der Waals surface area contributed by atoms with Crippen LogP contribution in [0.2, 0.25) is 0 Å². The number of hydrogen-bond donors (Lipinski definition) is 1. The van der Waals surface area contributed by atoms with Crippen LogP contribution < -0.4 is 5.32 Å². The third-order valence-electron chi connectivity index (χ3n) is 2.40. The monoisotopic (exact) mass is 253 g/mol. The van der Waals surface area contributed by atoms with Crippen LogP contribution in [0.3, 0.4) is 0 Å². The lowest BCUT2D eigenvalue weighted by Gasteiger charge is -2.20. The molecule has 1 aromatic rings. The number of aromatic nitrogens is 2. The van der Waals surface area contributed by atoms with E-state index in [1.165, 1.54) is 4.68 Å². The molecule has 5 heteroatoms. The van der Waals surface area contributed by atoms with Gasteiger partial charge in [-0.25, -0.2) is 4.39 Å². The standard InChI is InChI=1S/C13H20FN3O/c1-5-10(8-14)9-17-11(6-7-15-17)12(18)16-13(2,3)4/h6-8H,5,9H2,1-4H3,(H,16,18)/b10-8+. The van der Waals surface area contributed by atoms with Gasteiger partial charge in [0, 0.05) is 11.7 Å². The molecule has 1 amide bonds. The minimum Gasteiger partial charge on any atom is -0.346 e. The second-order valence-electron chi connectivity index (χ2n) is 5.20. The Morgan fingerprint density at radius 2 is 2.22 bits per heavy atom. The Hall–Kier alpha value is -1.65. The molecule has 0 unspecified atom stereocenters. The van der Waals surface area contributed by atoms with Gasteiger partial charge in [-0.1, -0.05) is 6.92 Å². The molecule has 1 heterocycles. The molecule has 0 saturated carbocycles. The van der Waals surface area contributed by atoms with E-state index >= 15 is 0 Å². The van der Waals surface area contributed by atoms with E-state index in [0.29, 0.717) is 30.6 Å². The third kappa shape index (κ3) is 3.98. The number of allylic oxidation sites excluding steroid dienone is 1. The molecule has 0 saturated heterocycles. The number of nitrogens with one attached hydrogen (secondary N) is 1. The fourth-order valence-electron chi connectivity index (χ4n) is 1.47. The van der Waals surface area contributed by atoms with Crippen LogP contribution in [0.5, 0.6) is 0 Å². The molecule has 1 N–H and O–H groups in total. The van der Waals surface area contributed by atoms with Gasteiger partial charge in [0.1, 0.15) is 5.69 Å². The van der Waals surface area contributed by atoms with Crippen molar-refractivity contribution >= 4 is 5.91 Å². The Morgan fingerprint density at radius 3 is 2.72 bits per heavy atom. The van der Waals surface area contributed by atoms with E-state index in [4.69, 9.17) is 0 Å². The summed E-state index contributed by atoms with van der Waals surface area (Å²) >= 11 is 0. The van der Waals surface area contributed by atoms with Crippen molar-refractivity contribution in [1.82, 2.24) is 15.1 Å². The first-order chi connectivity index (χ1) is 8.37. The lowest BCUT2D eigenvalue weighted by molar-refractivity contribution is 0.0909. The maximum atomic E-state index is 12.6. The molecule has 0 aliphatic heterocycles. The van der Waals surface area contributed by atoms with Gasteiger partial charge in [-0.15, -0.1) is 0 Å². The van der Waals surface area contributed by atoms with E-state index < -0.39 is 0 Å². The minimum atomic E-state index is -0.310. The summed E-state index contributed by atoms with van der Waals surface area (Å²) in [5, 5.41) is 6.91. The van der Waals surface area contributed by atoms with E-state index in [1.54, 1.807) is 12.3 Å². The van der Waals surface area contributed by atoms with Crippen LogP contribution in [-0.4, -0.2) is 21.2 Å². The van der Waals surface area contributed by atoms with Crippen molar-refractivity contribution in [2.75, 3.05) is 0 Å². The highest BCUT2D eigenvalue weighted by molar-refractivity contribution is 5.92. The molecular formula is C13H20FN3O. The smallest absolute Gasteiger partial charge is 0.269 e. The Balaban J connectivity index is 2.86. The number of carbonyl (C=O) groups is 1. The predicted octanol–water partition coefficient (Wildman–Crippen LogP) is 2.67. The Labute approximate surface area is 107 Å². The van der Waals surface area contributed by atoms with Crippen LogP contribution in [-0.2, 0) is 6.54 Å². The molecular weight excluding hydrogens is 233 g/mol. The third-order valence-corrected chi connectivity index (χ3v) is 2.40. The molecule has 0 aliphatic rings. The van der Waals surface area contributed by atoms with Gasteiger partial charge in [-0.05, 0) is 38.8 Å². The van der Waals surface area contributed by atoms with Crippen molar-refractivity contribution in [1.29, 1.82) is 0 Å². The van der Waals surface area contributed by atoms with Gasteiger partial charge in [0.15, 0.2) is 0 Å². The van der Waals surface area contributed by atoms with E-state index in [0.717, 1.165) is 0 Å². The second kappa shape index (κ2) is 5.80. The quantitative estimate of drug-likeness (QED) is 0.896. The lowest BCUT2D eigenvalue weighted by Crippen LogP contribution is -2.41. The first kappa shape index (κ1) is 14.4. The highest BCUT2D eigenvalue weighted by Gasteiger charge is 2.18. The number of carbonyl (C=O) groups excluding carboxylic acids is 1. The summed E-state index contributed by atoms with van der Waals surface area (Å²) in [5.74, 6) is -0.200. The molecule has 1 rings (SSSR count). The van der Waals surface area contributed by atoms with Crippen LogP contribution in [0.1, 0.15) is 44.6 Å². The molecule has 4 nitrogen and oxygen atoms in total. The number of hydrogen-bond acceptors (Lipinski definition) is 2. The lowest BCUT2D eigenvalue weighted by atomic mass is 10.1. The summed E-state index contributed by atoms with van der Waals surface area (Å²) in [6, 6.07) is 1.63. The Kier molecular flexibility index (Phi) is 4.64. The summed E-state index contributed by atoms with van der Waals surface area (Å²) < 4.78 is 14.1. The fourth-order valence-corrected chi connectivity index (χ4v) is 1.47. The summed E-state index contributed by atoms with van der Waals surface area (Å²) in [6.45, 7) is 7.89. The van der Waals surface area contributed by atoms with Crippen molar-refractivity contribution in [2.45, 2.75) is 46.2 Å². The van der Waals surface area contributed by atoms with E-state index in [-0.39, 0.29) is 11.4 Å². The van der Waals surface area contributed by atoms with E-state index in [2.05, 4.69) is 10.4 Å². The molecule has 18 heavy (non-hydrogen) atoms. The topological polar surface area (TPSA) is 46.9 Å². The van der Waals surface area contributed by atoms with Crippen LogP contribution in [0, 0.1) is 0 Å². The zero-order chi connectivity index (χ0) is 13.8. The van der Waals surface area contributed by atoms with Gasteiger partial charge in [-0.2, -0.15) is 5.10 Å². The highest BCUT2D eigenvalue weighted by atomic mass is 19.1. The molecule has 0 atom stereocenters. The largest absolute Gasteiger partial charge is 0.346 e. The van der Waals surface area contributed by atoms with Crippen molar-refractivity contribution in [2.24, 2.45) is 0 Å². The fraction of sp³-hybridized carbons (Fsp3) is 0.538. The summed E-state index contributed by atoms with van der Waals surface area (Å²) in [6.07, 6.45) is 2.72. The number of amides is 1. The van der Waals surface area contributed by atoms with Gasteiger partial charge in [0.05, 0.1) is 12.9 Å². The van der Waals surface area contributed by atoms with Crippen molar-refractivity contribution in [3.8, 4) is 0 Å². The molecule has 0 aliphatic carbocycles. The maximum Gasteiger partial charge on any atom is 0.269 e. The number of rotatable bonds is 4. The van der Waals surface area contributed by atoms with Crippen LogP contribution in [0.25, 0.3) is 0 Å². The summed E-state index contributed by atoms with van der Waals surface area (Å²) in [5.41, 5.74) is 0.733. The first-order valence-electron chi connectivity index (χ1n) is 6.00. The molecule has 0 aromatic carbocycles. The van der Waals surface area contributed by atoms with E-state index in [1.807, 2.05) is 27.7 Å². The second-order valence-corrected chi connectivity index (χ2v) is 5.20. The summed E-state index contributed by atoms with van der Waals surface area (Å²) in [4.78, 5) is 12.0. The Bertz CT molecular complexity index is 443. The van der Waals surface area contributed by atoms with Crippen molar-refractivity contribution < 1.29 is 9.18 Å². The Morgan fingerprint density at radius 1 is 1.56 bits per heavy atom. The van der Waals surface area contributed by atoms with Gasteiger partial charge in [-0.3, -0.25) is 9.48 Å². The summed E-state index contributed by atoms with van der Waals surface area (Å²) in [7, 11) is 0. The maximum absolute atomic E-state index is 12.6. The minimum absolute atomic E-state index is 0.200. The molecule has 100 valence electrons. The zero-order valence-electron chi connectivity index (χ0n) is 11.3. The van der Waals surface area contributed by atoms with Crippen LogP contribution >= 0.6 is 0 Å². The average molecular weight is 253 g/mol. The highest BCUT2D eigenvalue weighted by Crippen LogP contribution is 2.09. The number of nitrogens with zero attached hydrogens (tertiary/aromatic N) is 2. The van der Waals surface area contributed by atoms with Gasteiger partial charge in [0.25, 0.3) is 5.91 Å². The van der Waals surface area contributed by atoms with Gasteiger partial charge >= 0.3 is 0 Å². The molecule has 0 fully saturated rings. The van der Waals surface area contributed by atoms with Gasteiger partial charge < -0.3 is 5.32 Å². The predicted molar refractivity (Wildman–Crippen MR) is 68.9 cm³/mol. The van der Waals surface area contributed by atoms with Crippen molar-refractivity contribution in [3.63, 3.8) is 0 Å². The van der Waals surface area contributed by atoms with E-state index in [9.17, 15) is 9.18 Å². The SMILES string of the molecule is CC/C(=C\F)Cn1nccc1C(=O)NC(C)(C)C. The number of halogens is 1. The average Bonchev–Trinajstić information content (AvgIpc) is 2.71. The normalized spacial score (nSPS) is 12.6. The van der Waals surface area contributed by atoms with Gasteiger partial charge in [0.2, 0.25) is 0 Å². The molecule has 1 aromatic heterocycles. The zero-order valence-corrected chi connectivity index (χ0v) is 11.3. The van der Waals surface area contributed by atoms with Crippen LogP contribution in [0.4, 0.5) is 4.39 Å². The first-order valence-corrected chi connectivity index (χ1v) is 6.00. The molecule has 0 spiro atoms. The van der Waals surface area contributed by atoms with Crippen molar-refractivity contribution in [3.05, 3.63) is 29.9 Å².